The topological polar surface area (TPSA) is 139 Å². The van der Waals surface area contributed by atoms with Crippen molar-refractivity contribution in [1.82, 2.24) is 19.3 Å². The Labute approximate surface area is 153 Å². The molecule has 1 saturated heterocycles. The smallest absolute Gasteiger partial charge is 0.192 e. The summed E-state index contributed by atoms with van der Waals surface area (Å²) in [6.45, 7) is -0.161. The van der Waals surface area contributed by atoms with Crippen LogP contribution < -0.4 is 10.3 Å². The molecule has 2 aromatic heterocycles. The number of aliphatic hydroxyl groups excluding tert-OH is 3. The van der Waals surface area contributed by atoms with Gasteiger partial charge in [0.05, 0.1) is 12.9 Å². The van der Waals surface area contributed by atoms with Crippen LogP contribution >= 0.6 is 0 Å². The third-order valence-corrected chi connectivity index (χ3v) is 4.50. The van der Waals surface area contributed by atoms with Crippen LogP contribution in [0.25, 0.3) is 11.2 Å². The molecule has 0 bridgehead atoms. The van der Waals surface area contributed by atoms with Crippen molar-refractivity contribution < 1.29 is 24.9 Å². The fourth-order valence-corrected chi connectivity index (χ4v) is 3.03. The van der Waals surface area contributed by atoms with Gasteiger partial charge in [-0.1, -0.05) is 30.3 Å². The maximum atomic E-state index is 10.2. The van der Waals surface area contributed by atoms with Gasteiger partial charge in [0.2, 0.25) is 0 Å². The molecular formula is C17H19N5O5. The van der Waals surface area contributed by atoms with Gasteiger partial charge < -0.3 is 24.9 Å². The van der Waals surface area contributed by atoms with Crippen molar-refractivity contribution in [2.24, 2.45) is 0 Å². The summed E-state index contributed by atoms with van der Waals surface area (Å²) in [5, 5.41) is 37.6. The minimum absolute atomic E-state index is 0.0126. The van der Waals surface area contributed by atoms with E-state index < -0.39 is 31.1 Å². The van der Waals surface area contributed by atoms with E-state index in [1.807, 2.05) is 30.3 Å². The second-order valence-corrected chi connectivity index (χ2v) is 6.23. The number of hydrogen-bond donors (Lipinski definition) is 4. The SMILES string of the molecule is N=c1c2ncn([C@@H]3O[C@H](CO)[C@@H](O)[C@H]3O)c2ncn1OCc1ccccc1. The first-order valence-corrected chi connectivity index (χ1v) is 8.38. The van der Waals surface area contributed by atoms with E-state index in [-0.39, 0.29) is 17.6 Å². The molecule has 3 heterocycles. The van der Waals surface area contributed by atoms with Gasteiger partial charge >= 0.3 is 0 Å². The van der Waals surface area contributed by atoms with Crippen molar-refractivity contribution in [3.63, 3.8) is 0 Å². The van der Waals surface area contributed by atoms with Gasteiger partial charge in [-0.15, -0.1) is 0 Å². The molecule has 1 fully saturated rings. The van der Waals surface area contributed by atoms with E-state index in [0.717, 1.165) is 5.56 Å². The standard InChI is InChI=1S/C17H19N5O5/c18-15-12-16(20-9-22(15)26-7-10-4-2-1-3-5-10)21(8-19-12)17-14(25)13(24)11(6-23)27-17/h1-5,8-9,11,13-14,17-18,23-25H,6-7H2/t11-,13-,14-,17-/m1/s1. The average molecular weight is 373 g/mol. The Hall–Kier alpha value is -2.79. The number of aliphatic hydroxyl groups is 3. The van der Waals surface area contributed by atoms with E-state index in [9.17, 15) is 15.3 Å². The molecule has 0 aliphatic carbocycles. The predicted octanol–water partition coefficient (Wildman–Crippen LogP) is -1.05. The molecule has 0 amide bonds. The molecule has 1 aliphatic heterocycles. The first kappa shape index (κ1) is 17.6. The average Bonchev–Trinajstić information content (AvgIpc) is 3.24. The van der Waals surface area contributed by atoms with Gasteiger partial charge in [0, 0.05) is 0 Å². The molecular weight excluding hydrogens is 354 g/mol. The van der Waals surface area contributed by atoms with Crippen LogP contribution in [0.3, 0.4) is 0 Å². The first-order valence-electron chi connectivity index (χ1n) is 8.38. The molecule has 3 aromatic rings. The molecule has 1 aromatic carbocycles. The van der Waals surface area contributed by atoms with Crippen LogP contribution in [0.5, 0.6) is 0 Å². The van der Waals surface area contributed by atoms with Gasteiger partial charge in [-0.2, -0.15) is 4.73 Å². The Morgan fingerprint density at radius 1 is 1.11 bits per heavy atom. The zero-order valence-corrected chi connectivity index (χ0v) is 14.2. The fourth-order valence-electron chi connectivity index (χ4n) is 3.03. The van der Waals surface area contributed by atoms with Crippen LogP contribution in [0.4, 0.5) is 0 Å². The van der Waals surface area contributed by atoms with E-state index >= 15 is 0 Å². The van der Waals surface area contributed by atoms with Crippen LogP contribution in [0, 0.1) is 5.41 Å². The fraction of sp³-hybridized carbons (Fsp3) is 0.353. The van der Waals surface area contributed by atoms with Crippen molar-refractivity contribution in [2.45, 2.75) is 31.1 Å². The number of hydrogen-bond acceptors (Lipinski definition) is 8. The lowest BCUT2D eigenvalue weighted by Gasteiger charge is -2.16. The van der Waals surface area contributed by atoms with Gasteiger partial charge in [0.1, 0.15) is 31.2 Å². The highest BCUT2D eigenvalue weighted by molar-refractivity contribution is 5.68. The maximum Gasteiger partial charge on any atom is 0.192 e. The first-order chi connectivity index (χ1) is 13.1. The van der Waals surface area contributed by atoms with Crippen LogP contribution in [0.2, 0.25) is 0 Å². The van der Waals surface area contributed by atoms with E-state index in [1.54, 1.807) is 0 Å². The normalized spacial score (nSPS) is 25.1. The number of imidazole rings is 1. The lowest BCUT2D eigenvalue weighted by Crippen LogP contribution is -2.33. The quantitative estimate of drug-likeness (QED) is 0.448. The highest BCUT2D eigenvalue weighted by Crippen LogP contribution is 2.30. The predicted molar refractivity (Wildman–Crippen MR) is 91.1 cm³/mol. The van der Waals surface area contributed by atoms with Crippen molar-refractivity contribution >= 4 is 11.2 Å². The summed E-state index contributed by atoms with van der Waals surface area (Å²) in [7, 11) is 0. The number of aromatic nitrogens is 4. The Morgan fingerprint density at radius 3 is 2.59 bits per heavy atom. The second-order valence-electron chi connectivity index (χ2n) is 6.23. The molecule has 4 rings (SSSR count). The number of benzene rings is 1. The minimum Gasteiger partial charge on any atom is -0.406 e. The van der Waals surface area contributed by atoms with Crippen LogP contribution in [0.15, 0.2) is 43.0 Å². The van der Waals surface area contributed by atoms with E-state index in [1.165, 1.54) is 22.0 Å². The molecule has 10 heteroatoms. The third-order valence-electron chi connectivity index (χ3n) is 4.50. The Morgan fingerprint density at radius 2 is 1.89 bits per heavy atom. The van der Waals surface area contributed by atoms with E-state index in [0.29, 0.717) is 5.65 Å². The van der Waals surface area contributed by atoms with Crippen molar-refractivity contribution in [3.8, 4) is 0 Å². The number of nitrogens with one attached hydrogen (secondary N) is 1. The summed E-state index contributed by atoms with van der Waals surface area (Å²) < 4.78 is 8.14. The summed E-state index contributed by atoms with van der Waals surface area (Å²) in [4.78, 5) is 14.0. The highest BCUT2D eigenvalue weighted by atomic mass is 16.7. The Bertz CT molecular complexity index is 988. The summed E-state index contributed by atoms with van der Waals surface area (Å²) in [6.07, 6.45) is -1.63. The van der Waals surface area contributed by atoms with Crippen LogP contribution in [-0.2, 0) is 11.3 Å². The minimum atomic E-state index is -1.25. The zero-order valence-electron chi connectivity index (χ0n) is 14.2. The maximum absolute atomic E-state index is 10.2. The number of fused-ring (bicyclic) bond motifs is 1. The van der Waals surface area contributed by atoms with Gasteiger partial charge in [0.25, 0.3) is 0 Å². The highest BCUT2D eigenvalue weighted by Gasteiger charge is 2.43. The summed E-state index contributed by atoms with van der Waals surface area (Å²) in [6, 6.07) is 9.52. The molecule has 0 saturated carbocycles. The molecule has 1 aliphatic rings. The monoisotopic (exact) mass is 373 g/mol. The van der Waals surface area contributed by atoms with E-state index in [4.69, 9.17) is 15.0 Å². The largest absolute Gasteiger partial charge is 0.406 e. The van der Waals surface area contributed by atoms with Gasteiger partial charge in [0.15, 0.2) is 22.9 Å². The van der Waals surface area contributed by atoms with Crippen molar-refractivity contribution in [3.05, 3.63) is 54.0 Å². The summed E-state index contributed by atoms with van der Waals surface area (Å²) >= 11 is 0. The number of rotatable bonds is 5. The second kappa shape index (κ2) is 7.08. The van der Waals surface area contributed by atoms with Crippen molar-refractivity contribution in [2.75, 3.05) is 6.61 Å². The molecule has 0 unspecified atom stereocenters. The zero-order chi connectivity index (χ0) is 19.0. The van der Waals surface area contributed by atoms with Crippen molar-refractivity contribution in [1.29, 1.82) is 5.41 Å². The third kappa shape index (κ3) is 3.08. The lowest BCUT2D eigenvalue weighted by molar-refractivity contribution is -0.0511. The van der Waals surface area contributed by atoms with Crippen LogP contribution in [-0.4, -0.2) is 59.5 Å². The summed E-state index contributed by atoms with van der Waals surface area (Å²) in [5.74, 6) is 0. The number of nitrogens with zero attached hydrogens (tertiary/aromatic N) is 4. The summed E-state index contributed by atoms with van der Waals surface area (Å²) in [5.41, 5.74) is 1.49. The molecule has 0 radical (unpaired) electrons. The number of ether oxygens (including phenoxy) is 1. The molecule has 0 spiro atoms. The molecule has 4 atom stereocenters. The Balaban J connectivity index is 1.61. The molecule has 10 nitrogen and oxygen atoms in total. The lowest BCUT2D eigenvalue weighted by atomic mass is 10.1. The van der Waals surface area contributed by atoms with Crippen LogP contribution in [0.1, 0.15) is 11.8 Å². The van der Waals surface area contributed by atoms with Gasteiger partial charge in [-0.25, -0.2) is 9.97 Å². The Kier molecular flexibility index (Phi) is 4.62. The molecule has 27 heavy (non-hydrogen) atoms. The van der Waals surface area contributed by atoms with E-state index in [2.05, 4.69) is 9.97 Å². The van der Waals surface area contributed by atoms with Gasteiger partial charge in [-0.05, 0) is 5.56 Å². The molecule has 142 valence electrons. The molecule has 4 N–H and O–H groups in total. The van der Waals surface area contributed by atoms with Gasteiger partial charge in [-0.3, -0.25) is 9.98 Å².